The van der Waals surface area contributed by atoms with Crippen LogP contribution in [0, 0.1) is 0 Å². The van der Waals surface area contributed by atoms with Crippen LogP contribution in [0.15, 0.2) is 11.0 Å². The summed E-state index contributed by atoms with van der Waals surface area (Å²) in [6.45, 7) is 1.46. The molecule has 0 bridgehead atoms. The molecule has 11 nitrogen and oxygen atoms in total. The van der Waals surface area contributed by atoms with Crippen LogP contribution in [-0.2, 0) is 14.1 Å². The fraction of sp³-hybridized carbons (Fsp3) is 0.500. The van der Waals surface area contributed by atoms with Crippen molar-refractivity contribution >= 4 is 11.8 Å². The van der Waals surface area contributed by atoms with E-state index in [1.165, 1.54) is 18.8 Å². The molecule has 0 atom stereocenters. The van der Waals surface area contributed by atoms with Gasteiger partial charge in [-0.1, -0.05) is 0 Å². The molecule has 0 spiro atoms. The Kier molecular flexibility index (Phi) is 4.30. The number of H-pyrrole nitrogens is 1. The number of nitrogens with zero attached hydrogens (tertiary/aromatic N) is 6. The maximum Gasteiger partial charge on any atom is 0.343 e. The first kappa shape index (κ1) is 16.7. The minimum absolute atomic E-state index is 0.00112. The SMILES string of the molecule is COc1nn(C)cc1C(=O)N1CCN(C(=O)c2nn(C)c(=O)[nH]2)CC1. The highest BCUT2D eigenvalue weighted by atomic mass is 16.5. The number of piperazine rings is 1. The Morgan fingerprint density at radius 1 is 1.08 bits per heavy atom. The lowest BCUT2D eigenvalue weighted by atomic mass is 10.2. The van der Waals surface area contributed by atoms with Gasteiger partial charge in [-0.15, -0.1) is 10.2 Å². The Morgan fingerprint density at radius 3 is 2.20 bits per heavy atom. The number of ether oxygens (including phenoxy) is 1. The highest BCUT2D eigenvalue weighted by Crippen LogP contribution is 2.18. The lowest BCUT2D eigenvalue weighted by molar-refractivity contribution is 0.0527. The van der Waals surface area contributed by atoms with Crippen LogP contribution in [-0.4, -0.2) is 79.4 Å². The molecule has 2 aromatic heterocycles. The lowest BCUT2D eigenvalue weighted by Gasteiger charge is -2.34. The first-order chi connectivity index (χ1) is 11.9. The molecule has 1 fully saturated rings. The number of rotatable bonds is 3. The van der Waals surface area contributed by atoms with E-state index in [2.05, 4.69) is 15.2 Å². The number of nitrogens with one attached hydrogen (secondary N) is 1. The van der Waals surface area contributed by atoms with Crippen molar-refractivity contribution in [2.75, 3.05) is 33.3 Å². The third kappa shape index (κ3) is 3.12. The molecule has 1 N–H and O–H groups in total. The molecule has 1 aliphatic heterocycles. The van der Waals surface area contributed by atoms with E-state index >= 15 is 0 Å². The van der Waals surface area contributed by atoms with Gasteiger partial charge in [-0.25, -0.2) is 9.48 Å². The Hall–Kier alpha value is -3.11. The number of hydrogen-bond donors (Lipinski definition) is 1. The molecule has 2 aromatic rings. The van der Waals surface area contributed by atoms with E-state index < -0.39 is 5.69 Å². The summed E-state index contributed by atoms with van der Waals surface area (Å²) in [6.07, 6.45) is 1.61. The molecule has 3 rings (SSSR count). The zero-order chi connectivity index (χ0) is 18.1. The zero-order valence-electron chi connectivity index (χ0n) is 14.2. The van der Waals surface area contributed by atoms with Gasteiger partial charge >= 0.3 is 5.69 Å². The standard InChI is InChI=1S/C14H19N7O4/c1-18-8-9(11(17-18)25-3)12(22)20-4-6-21(7-5-20)13(23)10-15-14(24)19(2)16-10/h8H,4-7H2,1-3H3,(H,15,16,24). The Bertz CT molecular complexity index is 857. The fourth-order valence-corrected chi connectivity index (χ4v) is 2.70. The van der Waals surface area contributed by atoms with E-state index in [1.54, 1.807) is 23.0 Å². The van der Waals surface area contributed by atoms with Gasteiger partial charge in [0.15, 0.2) is 0 Å². The summed E-state index contributed by atoms with van der Waals surface area (Å²) in [6, 6.07) is 0. The molecule has 11 heteroatoms. The second-order valence-electron chi connectivity index (χ2n) is 5.71. The molecule has 1 aliphatic rings. The van der Waals surface area contributed by atoms with Crippen LogP contribution in [0.3, 0.4) is 0 Å². The molecule has 0 aromatic carbocycles. The lowest BCUT2D eigenvalue weighted by Crippen LogP contribution is -2.50. The first-order valence-electron chi connectivity index (χ1n) is 7.70. The van der Waals surface area contributed by atoms with Gasteiger partial charge in [-0.05, 0) is 0 Å². The summed E-state index contributed by atoms with van der Waals surface area (Å²) in [7, 11) is 4.64. The van der Waals surface area contributed by atoms with Crippen LogP contribution in [0.5, 0.6) is 5.88 Å². The largest absolute Gasteiger partial charge is 0.479 e. The van der Waals surface area contributed by atoms with E-state index in [4.69, 9.17) is 4.74 Å². The maximum absolute atomic E-state index is 12.6. The van der Waals surface area contributed by atoms with Crippen molar-refractivity contribution < 1.29 is 14.3 Å². The molecule has 0 radical (unpaired) electrons. The van der Waals surface area contributed by atoms with E-state index in [1.807, 2.05) is 0 Å². The normalized spacial score (nSPS) is 14.7. The quantitative estimate of drug-likeness (QED) is 0.717. The number of hydrogen-bond acceptors (Lipinski definition) is 6. The molecule has 0 unspecified atom stereocenters. The first-order valence-corrected chi connectivity index (χ1v) is 7.70. The average Bonchev–Trinajstić information content (AvgIpc) is 3.16. The minimum atomic E-state index is -0.444. The van der Waals surface area contributed by atoms with Crippen molar-refractivity contribution in [1.82, 2.24) is 34.3 Å². The van der Waals surface area contributed by atoms with Crippen LogP contribution >= 0.6 is 0 Å². The van der Waals surface area contributed by atoms with Gasteiger partial charge in [0, 0.05) is 46.5 Å². The summed E-state index contributed by atoms with van der Waals surface area (Å²) in [5, 5.41) is 7.94. The molecule has 2 amide bonds. The highest BCUT2D eigenvalue weighted by Gasteiger charge is 2.29. The van der Waals surface area contributed by atoms with Crippen LogP contribution in [0.1, 0.15) is 21.0 Å². The molecule has 1 saturated heterocycles. The van der Waals surface area contributed by atoms with E-state index in [-0.39, 0.29) is 23.5 Å². The monoisotopic (exact) mass is 349 g/mol. The second-order valence-corrected chi connectivity index (χ2v) is 5.71. The maximum atomic E-state index is 12.6. The number of aromatic amines is 1. The molecule has 3 heterocycles. The van der Waals surface area contributed by atoms with Gasteiger partial charge in [-0.2, -0.15) is 0 Å². The van der Waals surface area contributed by atoms with Crippen LogP contribution in [0.4, 0.5) is 0 Å². The number of carbonyl (C=O) groups excluding carboxylic acids is 2. The molecule has 134 valence electrons. The third-order valence-electron chi connectivity index (χ3n) is 4.04. The van der Waals surface area contributed by atoms with Gasteiger partial charge in [0.05, 0.1) is 7.11 Å². The number of amides is 2. The number of aryl methyl sites for hydroxylation is 2. The predicted molar refractivity (Wildman–Crippen MR) is 85.4 cm³/mol. The van der Waals surface area contributed by atoms with Crippen molar-refractivity contribution in [3.05, 3.63) is 28.1 Å². The van der Waals surface area contributed by atoms with Crippen LogP contribution in [0.2, 0.25) is 0 Å². The van der Waals surface area contributed by atoms with Gasteiger partial charge < -0.3 is 14.5 Å². The zero-order valence-corrected chi connectivity index (χ0v) is 14.2. The van der Waals surface area contributed by atoms with Crippen LogP contribution < -0.4 is 10.4 Å². The number of aromatic nitrogens is 5. The summed E-state index contributed by atoms with van der Waals surface area (Å²) in [5.74, 6) is -0.273. The summed E-state index contributed by atoms with van der Waals surface area (Å²) < 4.78 is 7.71. The highest BCUT2D eigenvalue weighted by molar-refractivity contribution is 5.96. The van der Waals surface area contributed by atoms with Crippen molar-refractivity contribution in [3.8, 4) is 5.88 Å². The van der Waals surface area contributed by atoms with Crippen LogP contribution in [0.25, 0.3) is 0 Å². The van der Waals surface area contributed by atoms with Crippen molar-refractivity contribution in [3.63, 3.8) is 0 Å². The fourth-order valence-electron chi connectivity index (χ4n) is 2.70. The second kappa shape index (κ2) is 6.42. The molecule has 0 saturated carbocycles. The van der Waals surface area contributed by atoms with E-state index in [9.17, 15) is 14.4 Å². The molecular weight excluding hydrogens is 330 g/mol. The predicted octanol–water partition coefficient (Wildman–Crippen LogP) is -1.55. The summed E-state index contributed by atoms with van der Waals surface area (Å²) in [5.41, 5.74) is -0.0559. The summed E-state index contributed by atoms with van der Waals surface area (Å²) in [4.78, 5) is 42.0. The van der Waals surface area contributed by atoms with Gasteiger partial charge in [-0.3, -0.25) is 19.3 Å². The van der Waals surface area contributed by atoms with Crippen molar-refractivity contribution in [2.45, 2.75) is 0 Å². The van der Waals surface area contributed by atoms with E-state index in [0.717, 1.165) is 4.68 Å². The minimum Gasteiger partial charge on any atom is -0.479 e. The number of methoxy groups -OCH3 is 1. The molecule has 25 heavy (non-hydrogen) atoms. The Labute approximate surface area is 142 Å². The van der Waals surface area contributed by atoms with Gasteiger partial charge in [0.1, 0.15) is 5.56 Å². The van der Waals surface area contributed by atoms with Gasteiger partial charge in [0.2, 0.25) is 11.7 Å². The smallest absolute Gasteiger partial charge is 0.343 e. The summed E-state index contributed by atoms with van der Waals surface area (Å²) >= 11 is 0. The Morgan fingerprint density at radius 2 is 1.68 bits per heavy atom. The number of carbonyl (C=O) groups is 2. The van der Waals surface area contributed by atoms with Gasteiger partial charge in [0.25, 0.3) is 11.8 Å². The van der Waals surface area contributed by atoms with Crippen molar-refractivity contribution in [2.24, 2.45) is 14.1 Å². The average molecular weight is 349 g/mol. The van der Waals surface area contributed by atoms with E-state index in [0.29, 0.717) is 31.7 Å². The molecule has 0 aliphatic carbocycles. The Balaban J connectivity index is 1.66. The third-order valence-corrected chi connectivity index (χ3v) is 4.04. The molecular formula is C14H19N7O4. The topological polar surface area (TPSA) is 118 Å². The van der Waals surface area contributed by atoms with Crippen molar-refractivity contribution in [1.29, 1.82) is 0 Å².